The summed E-state index contributed by atoms with van der Waals surface area (Å²) in [5, 5.41) is 0.514. The zero-order valence-electron chi connectivity index (χ0n) is 11.5. The molecule has 0 fully saturated rings. The van der Waals surface area contributed by atoms with Gasteiger partial charge >= 0.3 is 11.9 Å². The lowest BCUT2D eigenvalue weighted by Crippen LogP contribution is -2.37. The number of aromatic amines is 1. The first-order valence-corrected chi connectivity index (χ1v) is 6.72. The Balaban J connectivity index is 2.42. The van der Waals surface area contributed by atoms with Crippen LogP contribution >= 0.6 is 11.6 Å². The minimum atomic E-state index is -4.78. The number of nitrogens with zero attached hydrogens (tertiary/aromatic N) is 1. The van der Waals surface area contributed by atoms with E-state index in [0.717, 1.165) is 12.6 Å². The van der Waals surface area contributed by atoms with Crippen LogP contribution in [0.4, 0.5) is 13.2 Å². The van der Waals surface area contributed by atoms with E-state index in [0.29, 0.717) is 9.59 Å². The number of halogens is 4. The molecule has 0 spiro atoms. The van der Waals surface area contributed by atoms with Crippen LogP contribution in [0, 0.1) is 0 Å². The highest BCUT2D eigenvalue weighted by atomic mass is 35.5. The smallest absolute Gasteiger partial charge is 0.292 e. The van der Waals surface area contributed by atoms with Gasteiger partial charge in [0.1, 0.15) is 5.69 Å². The van der Waals surface area contributed by atoms with E-state index in [9.17, 15) is 22.8 Å². The standard InChI is InChI=1S/C14H12ClF3N2O2/c1-20-11(14(16,17)18)10(12(21)19-13(20)22)7-4-8-2-5-9(15)6-3-8/h2-3,5-6H,4,7H2,1H3,(H,19,21,22). The highest BCUT2D eigenvalue weighted by Crippen LogP contribution is 2.30. The van der Waals surface area contributed by atoms with Crippen molar-refractivity contribution < 1.29 is 13.2 Å². The second-order valence-corrected chi connectivity index (χ2v) is 5.21. The third kappa shape index (κ3) is 3.41. The molecular formula is C14H12ClF3N2O2. The summed E-state index contributed by atoms with van der Waals surface area (Å²) in [4.78, 5) is 25.0. The predicted octanol–water partition coefficient (Wildman–Crippen LogP) is 2.53. The van der Waals surface area contributed by atoms with Crippen LogP contribution in [-0.4, -0.2) is 9.55 Å². The molecule has 0 radical (unpaired) electrons. The van der Waals surface area contributed by atoms with Crippen molar-refractivity contribution in [3.63, 3.8) is 0 Å². The maximum absolute atomic E-state index is 13.1. The van der Waals surface area contributed by atoms with Gasteiger partial charge in [-0.05, 0) is 30.5 Å². The highest BCUT2D eigenvalue weighted by Gasteiger charge is 2.37. The van der Waals surface area contributed by atoms with Crippen LogP contribution in [0.3, 0.4) is 0 Å². The number of hydrogen-bond acceptors (Lipinski definition) is 2. The van der Waals surface area contributed by atoms with Crippen molar-refractivity contribution in [2.24, 2.45) is 7.05 Å². The summed E-state index contributed by atoms with van der Waals surface area (Å²) >= 11 is 5.74. The SMILES string of the molecule is Cn1c(C(F)(F)F)c(CCc2ccc(Cl)cc2)c(=O)[nH]c1=O. The van der Waals surface area contributed by atoms with E-state index >= 15 is 0 Å². The van der Waals surface area contributed by atoms with E-state index < -0.39 is 28.7 Å². The molecule has 8 heteroatoms. The fraction of sp³-hybridized carbons (Fsp3) is 0.286. The predicted molar refractivity (Wildman–Crippen MR) is 76.2 cm³/mol. The van der Waals surface area contributed by atoms with E-state index in [1.807, 2.05) is 4.98 Å². The molecule has 0 unspecified atom stereocenters. The van der Waals surface area contributed by atoms with Crippen molar-refractivity contribution in [3.8, 4) is 0 Å². The summed E-state index contributed by atoms with van der Waals surface area (Å²) < 4.78 is 39.8. The molecule has 0 saturated heterocycles. The fourth-order valence-electron chi connectivity index (χ4n) is 2.18. The van der Waals surface area contributed by atoms with E-state index in [1.54, 1.807) is 24.3 Å². The molecule has 0 aliphatic heterocycles. The molecule has 1 N–H and O–H groups in total. The molecule has 0 bridgehead atoms. The third-order valence-corrected chi connectivity index (χ3v) is 3.52. The van der Waals surface area contributed by atoms with Crippen molar-refractivity contribution in [1.82, 2.24) is 9.55 Å². The van der Waals surface area contributed by atoms with E-state index in [1.165, 1.54) is 0 Å². The zero-order valence-corrected chi connectivity index (χ0v) is 12.3. The second-order valence-electron chi connectivity index (χ2n) is 4.77. The van der Waals surface area contributed by atoms with Crippen molar-refractivity contribution in [2.45, 2.75) is 19.0 Å². The first-order chi connectivity index (χ1) is 10.2. The normalized spacial score (nSPS) is 11.7. The number of hydrogen-bond donors (Lipinski definition) is 1. The number of alkyl halides is 3. The van der Waals surface area contributed by atoms with Crippen LogP contribution < -0.4 is 11.2 Å². The zero-order chi connectivity index (χ0) is 16.5. The number of nitrogens with one attached hydrogen (secondary N) is 1. The number of aryl methyl sites for hydroxylation is 1. The lowest BCUT2D eigenvalue weighted by atomic mass is 10.0. The quantitative estimate of drug-likeness (QED) is 0.939. The Morgan fingerprint density at radius 2 is 1.73 bits per heavy atom. The molecule has 0 saturated carbocycles. The van der Waals surface area contributed by atoms with Crippen LogP contribution in [0.1, 0.15) is 16.8 Å². The summed E-state index contributed by atoms with van der Waals surface area (Å²) in [6, 6.07) is 6.58. The molecule has 0 aliphatic carbocycles. The maximum Gasteiger partial charge on any atom is 0.432 e. The molecule has 0 amide bonds. The molecule has 4 nitrogen and oxygen atoms in total. The van der Waals surface area contributed by atoms with Gasteiger partial charge in [0.05, 0.1) is 0 Å². The Morgan fingerprint density at radius 3 is 2.27 bits per heavy atom. The van der Waals surface area contributed by atoms with Gasteiger partial charge in [-0.1, -0.05) is 23.7 Å². The van der Waals surface area contributed by atoms with Crippen molar-refractivity contribution in [3.05, 3.63) is 66.9 Å². The number of aromatic nitrogens is 2. The molecule has 1 heterocycles. The Labute approximate surface area is 128 Å². The summed E-state index contributed by atoms with van der Waals surface area (Å²) in [7, 11) is 0.979. The molecule has 0 atom stereocenters. The molecular weight excluding hydrogens is 321 g/mol. The summed E-state index contributed by atoms with van der Waals surface area (Å²) in [5.74, 6) is 0. The van der Waals surface area contributed by atoms with Crippen LogP contribution in [0.2, 0.25) is 5.02 Å². The molecule has 118 valence electrons. The van der Waals surface area contributed by atoms with Gasteiger partial charge < -0.3 is 0 Å². The van der Waals surface area contributed by atoms with Crippen LogP contribution in [0.5, 0.6) is 0 Å². The van der Waals surface area contributed by atoms with Gasteiger partial charge in [-0.15, -0.1) is 0 Å². The van der Waals surface area contributed by atoms with Gasteiger partial charge in [0.2, 0.25) is 0 Å². The van der Waals surface area contributed by atoms with Gasteiger partial charge in [-0.25, -0.2) is 4.79 Å². The maximum atomic E-state index is 13.1. The average molecular weight is 333 g/mol. The first-order valence-electron chi connectivity index (χ1n) is 6.34. The van der Waals surface area contributed by atoms with Crippen molar-refractivity contribution >= 4 is 11.6 Å². The Bertz CT molecular complexity index is 792. The minimum absolute atomic E-state index is 0.139. The topological polar surface area (TPSA) is 54.9 Å². The van der Waals surface area contributed by atoms with Gasteiger partial charge in [0, 0.05) is 17.6 Å². The van der Waals surface area contributed by atoms with E-state index in [-0.39, 0.29) is 12.8 Å². The van der Waals surface area contributed by atoms with Crippen LogP contribution in [-0.2, 0) is 26.1 Å². The molecule has 2 rings (SSSR count). The number of H-pyrrole nitrogens is 1. The Morgan fingerprint density at radius 1 is 1.14 bits per heavy atom. The lowest BCUT2D eigenvalue weighted by molar-refractivity contribution is -0.144. The Hall–Kier alpha value is -2.02. The molecule has 1 aromatic heterocycles. The second kappa shape index (κ2) is 6.00. The third-order valence-electron chi connectivity index (χ3n) is 3.27. The minimum Gasteiger partial charge on any atom is -0.292 e. The summed E-state index contributed by atoms with van der Waals surface area (Å²) in [6.45, 7) is 0. The Kier molecular flexibility index (Phi) is 4.46. The van der Waals surface area contributed by atoms with Gasteiger partial charge in [-0.3, -0.25) is 14.3 Å². The van der Waals surface area contributed by atoms with Crippen molar-refractivity contribution in [1.29, 1.82) is 0 Å². The van der Waals surface area contributed by atoms with Crippen LogP contribution in [0.25, 0.3) is 0 Å². The number of benzene rings is 1. The average Bonchev–Trinajstić information content (AvgIpc) is 2.41. The lowest BCUT2D eigenvalue weighted by Gasteiger charge is -2.15. The monoisotopic (exact) mass is 332 g/mol. The first kappa shape index (κ1) is 16.4. The molecule has 0 aliphatic rings. The van der Waals surface area contributed by atoms with Gasteiger partial charge in [0.15, 0.2) is 0 Å². The number of rotatable bonds is 3. The molecule has 22 heavy (non-hydrogen) atoms. The van der Waals surface area contributed by atoms with E-state index in [4.69, 9.17) is 11.6 Å². The van der Waals surface area contributed by atoms with Gasteiger partial charge in [-0.2, -0.15) is 13.2 Å². The summed E-state index contributed by atoms with van der Waals surface area (Å²) in [6.07, 6.45) is -4.70. The van der Waals surface area contributed by atoms with Crippen molar-refractivity contribution in [2.75, 3.05) is 0 Å². The van der Waals surface area contributed by atoms with E-state index in [2.05, 4.69) is 0 Å². The van der Waals surface area contributed by atoms with Gasteiger partial charge in [0.25, 0.3) is 5.56 Å². The largest absolute Gasteiger partial charge is 0.432 e. The summed E-state index contributed by atoms with van der Waals surface area (Å²) in [5.41, 5.74) is -3.03. The molecule has 1 aromatic carbocycles. The highest BCUT2D eigenvalue weighted by molar-refractivity contribution is 6.30. The van der Waals surface area contributed by atoms with Crippen LogP contribution in [0.15, 0.2) is 33.9 Å². The molecule has 2 aromatic rings. The fourth-order valence-corrected chi connectivity index (χ4v) is 2.31.